The SMILES string of the molecule is CCOc1ccc(C(=O)N2CCCN(Cc3ccccc3)CC2)cc1OC. The molecule has 0 aliphatic carbocycles. The summed E-state index contributed by atoms with van der Waals surface area (Å²) in [5.41, 5.74) is 1.96. The molecule has 5 heteroatoms. The van der Waals surface area contributed by atoms with E-state index in [2.05, 4.69) is 29.2 Å². The summed E-state index contributed by atoms with van der Waals surface area (Å²) in [5.74, 6) is 1.32. The Labute approximate surface area is 161 Å². The molecule has 27 heavy (non-hydrogen) atoms. The third-order valence-electron chi connectivity index (χ3n) is 4.84. The fourth-order valence-corrected chi connectivity index (χ4v) is 3.43. The van der Waals surface area contributed by atoms with Crippen molar-refractivity contribution in [2.75, 3.05) is 39.9 Å². The van der Waals surface area contributed by atoms with Crippen LogP contribution >= 0.6 is 0 Å². The maximum absolute atomic E-state index is 13.0. The summed E-state index contributed by atoms with van der Waals surface area (Å²) in [7, 11) is 1.60. The van der Waals surface area contributed by atoms with E-state index in [1.807, 2.05) is 30.0 Å². The number of hydrogen-bond donors (Lipinski definition) is 0. The topological polar surface area (TPSA) is 42.0 Å². The van der Waals surface area contributed by atoms with Gasteiger partial charge in [0, 0.05) is 38.3 Å². The summed E-state index contributed by atoms with van der Waals surface area (Å²) in [4.78, 5) is 17.3. The molecule has 3 rings (SSSR count). The van der Waals surface area contributed by atoms with Gasteiger partial charge in [0.05, 0.1) is 13.7 Å². The Hall–Kier alpha value is -2.53. The van der Waals surface area contributed by atoms with E-state index in [0.29, 0.717) is 23.7 Å². The van der Waals surface area contributed by atoms with Crippen molar-refractivity contribution >= 4 is 5.91 Å². The van der Waals surface area contributed by atoms with Gasteiger partial charge in [-0.3, -0.25) is 9.69 Å². The Kier molecular flexibility index (Phi) is 6.71. The lowest BCUT2D eigenvalue weighted by Crippen LogP contribution is -2.35. The van der Waals surface area contributed by atoms with E-state index in [-0.39, 0.29) is 5.91 Å². The molecule has 0 aromatic heterocycles. The average Bonchev–Trinajstić information content (AvgIpc) is 2.94. The first-order valence-corrected chi connectivity index (χ1v) is 9.57. The zero-order valence-corrected chi connectivity index (χ0v) is 16.2. The van der Waals surface area contributed by atoms with Gasteiger partial charge in [-0.05, 0) is 37.1 Å². The molecular formula is C22H28N2O3. The van der Waals surface area contributed by atoms with E-state index < -0.39 is 0 Å². The Balaban J connectivity index is 1.64. The van der Waals surface area contributed by atoms with Crippen LogP contribution in [-0.2, 0) is 6.54 Å². The quantitative estimate of drug-likeness (QED) is 0.783. The second kappa shape index (κ2) is 9.42. The lowest BCUT2D eigenvalue weighted by molar-refractivity contribution is 0.0760. The normalized spacial score (nSPS) is 15.3. The average molecular weight is 368 g/mol. The van der Waals surface area contributed by atoms with Crippen LogP contribution in [0.3, 0.4) is 0 Å². The first-order chi connectivity index (χ1) is 13.2. The van der Waals surface area contributed by atoms with Crippen LogP contribution in [-0.4, -0.2) is 55.6 Å². The van der Waals surface area contributed by atoms with Crippen molar-refractivity contribution in [3.63, 3.8) is 0 Å². The van der Waals surface area contributed by atoms with E-state index in [0.717, 1.165) is 39.1 Å². The zero-order valence-electron chi connectivity index (χ0n) is 16.2. The Bertz CT molecular complexity index is 748. The molecule has 0 N–H and O–H groups in total. The molecule has 0 radical (unpaired) electrons. The fraction of sp³-hybridized carbons (Fsp3) is 0.409. The number of rotatable bonds is 6. The molecule has 0 unspecified atom stereocenters. The molecule has 1 aliphatic rings. The van der Waals surface area contributed by atoms with Crippen LogP contribution in [0.1, 0.15) is 29.3 Å². The van der Waals surface area contributed by atoms with Crippen LogP contribution in [0.5, 0.6) is 11.5 Å². The van der Waals surface area contributed by atoms with Gasteiger partial charge >= 0.3 is 0 Å². The van der Waals surface area contributed by atoms with Gasteiger partial charge in [-0.1, -0.05) is 30.3 Å². The molecule has 2 aromatic carbocycles. The van der Waals surface area contributed by atoms with Gasteiger partial charge in [-0.2, -0.15) is 0 Å². The highest BCUT2D eigenvalue weighted by molar-refractivity contribution is 5.95. The van der Waals surface area contributed by atoms with Crippen LogP contribution in [0, 0.1) is 0 Å². The minimum Gasteiger partial charge on any atom is -0.493 e. The van der Waals surface area contributed by atoms with Gasteiger partial charge in [-0.15, -0.1) is 0 Å². The number of amides is 1. The summed E-state index contributed by atoms with van der Waals surface area (Å²) in [6, 6.07) is 15.9. The molecule has 0 saturated carbocycles. The van der Waals surface area contributed by atoms with E-state index in [1.54, 1.807) is 13.2 Å². The molecule has 1 amide bonds. The van der Waals surface area contributed by atoms with E-state index in [4.69, 9.17) is 9.47 Å². The van der Waals surface area contributed by atoms with Gasteiger partial charge in [0.1, 0.15) is 0 Å². The molecule has 2 aromatic rings. The van der Waals surface area contributed by atoms with Gasteiger partial charge in [0.2, 0.25) is 0 Å². The molecule has 1 aliphatic heterocycles. The highest BCUT2D eigenvalue weighted by Crippen LogP contribution is 2.28. The molecule has 1 saturated heterocycles. The number of carbonyl (C=O) groups is 1. The number of nitrogens with zero attached hydrogens (tertiary/aromatic N) is 2. The summed E-state index contributed by atoms with van der Waals surface area (Å²) in [6.45, 7) is 6.82. The largest absolute Gasteiger partial charge is 0.493 e. The zero-order chi connectivity index (χ0) is 19.1. The second-order valence-electron chi connectivity index (χ2n) is 6.71. The standard InChI is InChI=1S/C22H28N2O3/c1-3-27-20-11-10-19(16-21(20)26-2)22(25)24-13-7-12-23(14-15-24)17-18-8-5-4-6-9-18/h4-6,8-11,16H,3,7,12-15,17H2,1-2H3. The van der Waals surface area contributed by atoms with E-state index in [9.17, 15) is 4.79 Å². The summed E-state index contributed by atoms with van der Waals surface area (Å²) in [6.07, 6.45) is 0.979. The molecule has 144 valence electrons. The molecule has 0 spiro atoms. The minimum atomic E-state index is 0.0536. The van der Waals surface area contributed by atoms with Gasteiger partial charge in [0.25, 0.3) is 5.91 Å². The van der Waals surface area contributed by atoms with Crippen molar-refractivity contribution < 1.29 is 14.3 Å². The van der Waals surface area contributed by atoms with Crippen molar-refractivity contribution in [3.8, 4) is 11.5 Å². The molecule has 0 bridgehead atoms. The molecule has 1 heterocycles. The van der Waals surface area contributed by atoms with Gasteiger partial charge in [0.15, 0.2) is 11.5 Å². The summed E-state index contributed by atoms with van der Waals surface area (Å²) < 4.78 is 10.9. The second-order valence-corrected chi connectivity index (χ2v) is 6.71. The Morgan fingerprint density at radius 2 is 1.81 bits per heavy atom. The van der Waals surface area contributed by atoms with Crippen molar-refractivity contribution in [3.05, 3.63) is 59.7 Å². The van der Waals surface area contributed by atoms with Gasteiger partial charge in [-0.25, -0.2) is 0 Å². The summed E-state index contributed by atoms with van der Waals surface area (Å²) >= 11 is 0. The number of hydrogen-bond acceptors (Lipinski definition) is 4. The number of ether oxygens (including phenoxy) is 2. The number of methoxy groups -OCH3 is 1. The lowest BCUT2D eigenvalue weighted by Gasteiger charge is -2.22. The van der Waals surface area contributed by atoms with Crippen molar-refractivity contribution in [2.45, 2.75) is 19.9 Å². The minimum absolute atomic E-state index is 0.0536. The maximum Gasteiger partial charge on any atom is 0.254 e. The van der Waals surface area contributed by atoms with Crippen LogP contribution in [0.25, 0.3) is 0 Å². The highest BCUT2D eigenvalue weighted by atomic mass is 16.5. The lowest BCUT2D eigenvalue weighted by atomic mass is 10.1. The molecule has 0 atom stereocenters. The van der Waals surface area contributed by atoms with Crippen LogP contribution < -0.4 is 9.47 Å². The first-order valence-electron chi connectivity index (χ1n) is 9.57. The van der Waals surface area contributed by atoms with Crippen LogP contribution in [0.4, 0.5) is 0 Å². The smallest absolute Gasteiger partial charge is 0.254 e. The fourth-order valence-electron chi connectivity index (χ4n) is 3.43. The maximum atomic E-state index is 13.0. The summed E-state index contributed by atoms with van der Waals surface area (Å²) in [5, 5.41) is 0. The Morgan fingerprint density at radius 1 is 1.00 bits per heavy atom. The van der Waals surface area contributed by atoms with Crippen LogP contribution in [0.2, 0.25) is 0 Å². The highest BCUT2D eigenvalue weighted by Gasteiger charge is 2.21. The van der Waals surface area contributed by atoms with Crippen molar-refractivity contribution in [1.82, 2.24) is 9.80 Å². The molecule has 1 fully saturated rings. The number of carbonyl (C=O) groups excluding carboxylic acids is 1. The molecular weight excluding hydrogens is 340 g/mol. The molecule has 5 nitrogen and oxygen atoms in total. The predicted molar refractivity (Wildman–Crippen MR) is 106 cm³/mol. The first kappa shape index (κ1) is 19.2. The van der Waals surface area contributed by atoms with Crippen molar-refractivity contribution in [2.24, 2.45) is 0 Å². The van der Waals surface area contributed by atoms with E-state index in [1.165, 1.54) is 5.56 Å². The third kappa shape index (κ3) is 5.01. The predicted octanol–water partition coefficient (Wildman–Crippen LogP) is 3.44. The Morgan fingerprint density at radius 3 is 2.56 bits per heavy atom. The van der Waals surface area contributed by atoms with E-state index >= 15 is 0 Å². The van der Waals surface area contributed by atoms with Gasteiger partial charge < -0.3 is 14.4 Å². The monoisotopic (exact) mass is 368 g/mol. The number of benzene rings is 2. The van der Waals surface area contributed by atoms with Crippen molar-refractivity contribution in [1.29, 1.82) is 0 Å². The third-order valence-corrected chi connectivity index (χ3v) is 4.84. The van der Waals surface area contributed by atoms with Crippen LogP contribution in [0.15, 0.2) is 48.5 Å².